The Bertz CT molecular complexity index is 451. The van der Waals surface area contributed by atoms with Gasteiger partial charge < -0.3 is 14.9 Å². The first-order valence-corrected chi connectivity index (χ1v) is 3.97. The molecule has 0 aliphatic carbocycles. The molecule has 1 aromatic rings. The summed E-state index contributed by atoms with van der Waals surface area (Å²) < 4.78 is 4.36. The molecule has 0 radical (unpaired) electrons. The van der Waals surface area contributed by atoms with Crippen LogP contribution < -0.4 is 5.43 Å². The molecule has 0 spiro atoms. The maximum absolute atomic E-state index is 11.0. The van der Waals surface area contributed by atoms with E-state index in [0.29, 0.717) is 0 Å². The zero-order valence-corrected chi connectivity index (χ0v) is 7.85. The van der Waals surface area contributed by atoms with Gasteiger partial charge in [0.25, 0.3) is 0 Å². The van der Waals surface area contributed by atoms with Gasteiger partial charge in [-0.15, -0.1) is 0 Å². The molecule has 1 N–H and O–H groups in total. The smallest absolute Gasteiger partial charge is 0.324 e. The number of aromatic nitrogens is 1. The Morgan fingerprint density at radius 3 is 2.80 bits per heavy atom. The lowest BCUT2D eigenvalue weighted by Crippen LogP contribution is -2.11. The van der Waals surface area contributed by atoms with Crippen molar-refractivity contribution in [2.75, 3.05) is 7.11 Å². The second-order valence-corrected chi connectivity index (χ2v) is 2.74. The zero-order valence-electron chi connectivity index (χ0n) is 7.85. The molecule has 0 unspecified atom stereocenters. The van der Waals surface area contributed by atoms with E-state index in [9.17, 15) is 19.7 Å². The van der Waals surface area contributed by atoms with E-state index in [1.807, 2.05) is 0 Å². The van der Waals surface area contributed by atoms with Crippen molar-refractivity contribution in [1.29, 1.82) is 0 Å². The van der Waals surface area contributed by atoms with Gasteiger partial charge in [0, 0.05) is 6.07 Å². The average molecular weight is 212 g/mol. The Hall–Kier alpha value is -2.18. The van der Waals surface area contributed by atoms with Gasteiger partial charge in [0.1, 0.15) is 12.1 Å². The molecule has 0 fully saturated rings. The Labute approximate surface area is 83.8 Å². The number of methoxy groups -OCH3 is 1. The summed E-state index contributed by atoms with van der Waals surface area (Å²) in [4.78, 5) is 33.9. The minimum Gasteiger partial charge on any atom is -0.469 e. The van der Waals surface area contributed by atoms with Gasteiger partial charge in [-0.05, 0) is 4.92 Å². The number of hydrogen-bond donors (Lipinski definition) is 1. The summed E-state index contributed by atoms with van der Waals surface area (Å²) in [6.07, 6.45) is -0.201. The van der Waals surface area contributed by atoms with E-state index in [0.717, 1.165) is 12.1 Å². The highest BCUT2D eigenvalue weighted by Crippen LogP contribution is 2.04. The molecule has 1 rings (SSSR count). The third-order valence-electron chi connectivity index (χ3n) is 1.64. The van der Waals surface area contributed by atoms with Crippen LogP contribution in [0.1, 0.15) is 5.69 Å². The number of nitrogens with zero attached hydrogens (tertiary/aromatic N) is 1. The summed E-state index contributed by atoms with van der Waals surface area (Å²) in [5.41, 5.74) is -0.375. The molecule has 0 aliphatic rings. The Kier molecular flexibility index (Phi) is 3.17. The number of rotatable bonds is 3. The number of carbonyl (C=O) groups is 1. The predicted molar refractivity (Wildman–Crippen MR) is 49.4 cm³/mol. The molecule has 0 amide bonds. The predicted octanol–water partition coefficient (Wildman–Crippen LogP) is -0.00140. The quantitative estimate of drug-likeness (QED) is 0.431. The molecule has 1 heterocycles. The van der Waals surface area contributed by atoms with E-state index in [4.69, 9.17) is 0 Å². The van der Waals surface area contributed by atoms with Crippen molar-refractivity contribution in [3.8, 4) is 0 Å². The molecule has 80 valence electrons. The van der Waals surface area contributed by atoms with E-state index < -0.39 is 22.1 Å². The van der Waals surface area contributed by atoms with Crippen LogP contribution >= 0.6 is 0 Å². The third kappa shape index (κ3) is 2.90. The molecule has 0 saturated carbocycles. The summed E-state index contributed by atoms with van der Waals surface area (Å²) in [5, 5.41) is 10.4. The molecular weight excluding hydrogens is 204 g/mol. The Morgan fingerprint density at radius 1 is 1.60 bits per heavy atom. The summed E-state index contributed by atoms with van der Waals surface area (Å²) in [6, 6.07) is 1.96. The fourth-order valence-electron chi connectivity index (χ4n) is 1.01. The van der Waals surface area contributed by atoms with E-state index >= 15 is 0 Å². The van der Waals surface area contributed by atoms with Gasteiger partial charge in [-0.2, -0.15) is 0 Å². The first kappa shape index (κ1) is 10.9. The molecular formula is C8H8N2O5. The standard InChI is InChI=1S/C8H8N2O5/c1-15-8(12)3-5-2-6(11)4-7(9-5)10(13)14/h2,4H,3H2,1H3,(H,9,11). The van der Waals surface area contributed by atoms with E-state index in [1.165, 1.54) is 7.11 Å². The fourth-order valence-corrected chi connectivity index (χ4v) is 1.01. The molecule has 0 aliphatic heterocycles. The van der Waals surface area contributed by atoms with Crippen molar-refractivity contribution in [2.45, 2.75) is 6.42 Å². The van der Waals surface area contributed by atoms with Crippen molar-refractivity contribution in [1.82, 2.24) is 4.98 Å². The largest absolute Gasteiger partial charge is 0.469 e. The summed E-state index contributed by atoms with van der Waals surface area (Å²) >= 11 is 0. The van der Waals surface area contributed by atoms with Crippen LogP contribution in [0.25, 0.3) is 0 Å². The Morgan fingerprint density at radius 2 is 2.27 bits per heavy atom. The van der Waals surface area contributed by atoms with E-state index in [1.54, 1.807) is 0 Å². The molecule has 0 saturated heterocycles. The minimum atomic E-state index is -0.734. The third-order valence-corrected chi connectivity index (χ3v) is 1.64. The van der Waals surface area contributed by atoms with Gasteiger partial charge >= 0.3 is 11.8 Å². The van der Waals surface area contributed by atoms with Gasteiger partial charge in [0.15, 0.2) is 5.43 Å². The normalized spacial score (nSPS) is 9.67. The number of nitrogens with one attached hydrogen (secondary N) is 1. The SMILES string of the molecule is COC(=O)Cc1cc(=O)cc([N+](=O)[O-])[nH]1. The molecule has 7 nitrogen and oxygen atoms in total. The molecule has 7 heteroatoms. The molecule has 0 atom stereocenters. The van der Waals surface area contributed by atoms with Crippen LogP contribution in [0.5, 0.6) is 0 Å². The maximum Gasteiger partial charge on any atom is 0.324 e. The van der Waals surface area contributed by atoms with Crippen molar-refractivity contribution in [2.24, 2.45) is 0 Å². The lowest BCUT2D eigenvalue weighted by molar-refractivity contribution is -0.389. The zero-order chi connectivity index (χ0) is 11.4. The van der Waals surface area contributed by atoms with Crippen LogP contribution in [-0.4, -0.2) is 23.0 Å². The highest BCUT2D eigenvalue weighted by molar-refractivity contribution is 5.71. The number of H-pyrrole nitrogens is 1. The van der Waals surface area contributed by atoms with Gasteiger partial charge in [-0.1, -0.05) is 0 Å². The van der Waals surface area contributed by atoms with Crippen LogP contribution in [0.4, 0.5) is 5.82 Å². The fraction of sp³-hybridized carbons (Fsp3) is 0.250. The minimum absolute atomic E-state index is 0.154. The van der Waals surface area contributed by atoms with Crippen molar-refractivity contribution < 1.29 is 14.5 Å². The number of esters is 1. The van der Waals surface area contributed by atoms with Gasteiger partial charge in [0.05, 0.1) is 13.2 Å². The average Bonchev–Trinajstić information content (AvgIpc) is 2.16. The topological polar surface area (TPSA) is 102 Å². The van der Waals surface area contributed by atoms with Crippen LogP contribution in [0.2, 0.25) is 0 Å². The summed E-state index contributed by atoms with van der Waals surface area (Å²) in [7, 11) is 1.19. The van der Waals surface area contributed by atoms with Crippen LogP contribution in [0, 0.1) is 10.1 Å². The van der Waals surface area contributed by atoms with E-state index in [2.05, 4.69) is 9.72 Å². The monoisotopic (exact) mass is 212 g/mol. The number of ether oxygens (including phenoxy) is 1. The van der Waals surface area contributed by atoms with Crippen LogP contribution in [0.15, 0.2) is 16.9 Å². The number of nitro groups is 1. The van der Waals surface area contributed by atoms with Gasteiger partial charge in [-0.3, -0.25) is 9.59 Å². The van der Waals surface area contributed by atoms with Gasteiger partial charge in [-0.25, -0.2) is 4.98 Å². The Balaban J connectivity index is 3.04. The molecule has 0 bridgehead atoms. The van der Waals surface area contributed by atoms with E-state index in [-0.39, 0.29) is 12.1 Å². The molecule has 1 aromatic heterocycles. The second kappa shape index (κ2) is 4.36. The number of carbonyl (C=O) groups excluding carboxylic acids is 1. The molecule has 15 heavy (non-hydrogen) atoms. The number of pyridine rings is 1. The number of aromatic amines is 1. The van der Waals surface area contributed by atoms with Gasteiger partial charge in [0.2, 0.25) is 0 Å². The van der Waals surface area contributed by atoms with Crippen LogP contribution in [0.3, 0.4) is 0 Å². The lowest BCUT2D eigenvalue weighted by atomic mass is 10.2. The van der Waals surface area contributed by atoms with Crippen molar-refractivity contribution in [3.63, 3.8) is 0 Å². The summed E-state index contributed by atoms with van der Waals surface area (Å²) in [5.74, 6) is -1.02. The van der Waals surface area contributed by atoms with Crippen molar-refractivity contribution >= 4 is 11.8 Å². The first-order valence-electron chi connectivity index (χ1n) is 3.97. The lowest BCUT2D eigenvalue weighted by Gasteiger charge is -1.98. The second-order valence-electron chi connectivity index (χ2n) is 2.74. The molecule has 0 aromatic carbocycles. The van der Waals surface area contributed by atoms with Crippen molar-refractivity contribution in [3.05, 3.63) is 38.2 Å². The van der Waals surface area contributed by atoms with Crippen LogP contribution in [-0.2, 0) is 16.0 Å². The summed E-state index contributed by atoms with van der Waals surface area (Å²) in [6.45, 7) is 0. The maximum atomic E-state index is 11.0. The first-order chi connectivity index (χ1) is 7.02. The highest BCUT2D eigenvalue weighted by Gasteiger charge is 2.11. The highest BCUT2D eigenvalue weighted by atomic mass is 16.6. The number of hydrogen-bond acceptors (Lipinski definition) is 5.